The summed E-state index contributed by atoms with van der Waals surface area (Å²) in [7, 11) is 0. The van der Waals surface area contributed by atoms with Gasteiger partial charge in [0.25, 0.3) is 11.3 Å². The molecule has 0 aliphatic heterocycles. The van der Waals surface area contributed by atoms with Gasteiger partial charge < -0.3 is 10.6 Å². The molecule has 0 radical (unpaired) electrons. The highest BCUT2D eigenvalue weighted by molar-refractivity contribution is 7.80. The molecule has 1 unspecified atom stereocenters. The van der Waals surface area contributed by atoms with E-state index in [0.29, 0.717) is 0 Å². The van der Waals surface area contributed by atoms with Gasteiger partial charge in [0, 0.05) is 5.75 Å². The van der Waals surface area contributed by atoms with Gasteiger partial charge in [-0.25, -0.2) is 9.00 Å². The molecule has 0 aliphatic carbocycles. The van der Waals surface area contributed by atoms with E-state index in [-0.39, 0.29) is 5.75 Å². The predicted molar refractivity (Wildman–Crippen MR) is 41.8 cm³/mol. The molecule has 0 bridgehead atoms. The Morgan fingerprint density at radius 3 is 2.82 bits per heavy atom. The molecule has 2 atom stereocenters. The molecule has 0 fully saturated rings. The molecule has 0 rings (SSSR count). The van der Waals surface area contributed by atoms with E-state index in [2.05, 4.69) is 17.5 Å². The summed E-state index contributed by atoms with van der Waals surface area (Å²) in [5.41, 5.74) is 5.13. The van der Waals surface area contributed by atoms with Crippen LogP contribution < -0.4 is 10.6 Å². The van der Waals surface area contributed by atoms with Gasteiger partial charge in [-0.3, -0.25) is 4.55 Å². The summed E-state index contributed by atoms with van der Waals surface area (Å²) >= 11 is 1.33. The fraction of sp³-hybridized carbons (Fsp3) is 0.667. The summed E-state index contributed by atoms with van der Waals surface area (Å²) in [4.78, 5) is 16.1. The van der Waals surface area contributed by atoms with E-state index in [1.54, 1.807) is 0 Å². The quantitative estimate of drug-likeness (QED) is 0.249. The summed E-state index contributed by atoms with van der Waals surface area (Å²) in [5, 5.41) is 0. The maximum absolute atomic E-state index is 10.6. The van der Waals surface area contributed by atoms with Crippen molar-refractivity contribution in [1.29, 1.82) is 0 Å². The summed E-state index contributed by atoms with van der Waals surface area (Å²) < 4.78 is 18.0. The molecule has 8 heteroatoms. The van der Waals surface area contributed by atoms with E-state index < -0.39 is 23.3 Å². The third-order valence-electron chi connectivity index (χ3n) is 0.713. The van der Waals surface area contributed by atoms with Gasteiger partial charge in [-0.15, -0.1) is 0 Å². The molecule has 0 amide bonds. The summed E-state index contributed by atoms with van der Waals surface area (Å²) in [6.07, 6.45) is 0. The van der Waals surface area contributed by atoms with E-state index >= 15 is 0 Å². The van der Waals surface area contributed by atoms with Crippen molar-refractivity contribution in [1.82, 2.24) is 4.89 Å². The van der Waals surface area contributed by atoms with Crippen molar-refractivity contribution < 1.29 is 18.4 Å². The van der Waals surface area contributed by atoms with Gasteiger partial charge >= 0.3 is 5.97 Å². The minimum Gasteiger partial charge on any atom is -0.354 e. The van der Waals surface area contributed by atoms with E-state index in [1.807, 2.05) is 0 Å². The predicted octanol–water partition coefficient (Wildman–Crippen LogP) is -1.57. The third kappa shape index (κ3) is 5.16. The Bertz CT molecular complexity index is 163. The highest BCUT2D eigenvalue weighted by atomic mass is 32.2. The first-order valence-corrected chi connectivity index (χ1v) is 4.25. The van der Waals surface area contributed by atoms with Crippen LogP contribution in [-0.2, 0) is 20.9 Å². The number of nitrogens with two attached hydrogens (primary N) is 1. The van der Waals surface area contributed by atoms with Crippen molar-refractivity contribution in [2.45, 2.75) is 6.04 Å². The van der Waals surface area contributed by atoms with Crippen molar-refractivity contribution in [2.24, 2.45) is 5.73 Å². The Labute approximate surface area is 71.3 Å². The van der Waals surface area contributed by atoms with Crippen molar-refractivity contribution in [3.05, 3.63) is 0 Å². The number of hydrogen-bond donors (Lipinski definition) is 4. The fourth-order valence-corrected chi connectivity index (χ4v) is 0.529. The third-order valence-corrected chi connectivity index (χ3v) is 1.33. The van der Waals surface area contributed by atoms with E-state index in [9.17, 15) is 9.00 Å². The normalized spacial score (nSPS) is 15.5. The number of thiol groups is 1. The Morgan fingerprint density at radius 1 is 1.91 bits per heavy atom. The molecule has 11 heavy (non-hydrogen) atoms. The first-order valence-electron chi connectivity index (χ1n) is 2.51. The molecule has 0 aromatic heterocycles. The van der Waals surface area contributed by atoms with Gasteiger partial charge in [-0.1, -0.05) is 0 Å². The topological polar surface area (TPSA) is 102 Å². The molecule has 0 saturated carbocycles. The van der Waals surface area contributed by atoms with Gasteiger partial charge in [0.05, 0.1) is 0 Å². The molecular formula is C3H8N2O4S2. The zero-order chi connectivity index (χ0) is 8.85. The van der Waals surface area contributed by atoms with Crippen LogP contribution in [0.4, 0.5) is 0 Å². The lowest BCUT2D eigenvalue weighted by Gasteiger charge is -2.05. The Hall–Kier alpha value is -0.150. The van der Waals surface area contributed by atoms with Gasteiger partial charge in [0.2, 0.25) is 0 Å². The number of rotatable bonds is 4. The van der Waals surface area contributed by atoms with Crippen molar-refractivity contribution in [3.8, 4) is 0 Å². The van der Waals surface area contributed by atoms with Gasteiger partial charge in [0.15, 0.2) is 0 Å². The summed E-state index contributed by atoms with van der Waals surface area (Å²) in [6, 6.07) is -0.894. The average Bonchev–Trinajstić information content (AvgIpc) is 1.98. The lowest BCUT2D eigenvalue weighted by molar-refractivity contribution is -0.148. The second-order valence-corrected chi connectivity index (χ2v) is 2.57. The summed E-state index contributed by atoms with van der Waals surface area (Å²) in [5.74, 6) is -0.721. The molecular weight excluding hydrogens is 192 g/mol. The second-order valence-electron chi connectivity index (χ2n) is 1.54. The lowest BCUT2D eigenvalue weighted by atomic mass is 10.4. The number of carbonyl (C=O) groups excluding carboxylic acids is 1. The van der Waals surface area contributed by atoms with E-state index in [1.165, 1.54) is 4.89 Å². The number of carbonyl (C=O) groups is 1. The van der Waals surface area contributed by atoms with Crippen LogP contribution in [0.15, 0.2) is 0 Å². The molecule has 0 aromatic carbocycles. The lowest BCUT2D eigenvalue weighted by Crippen LogP contribution is -2.37. The van der Waals surface area contributed by atoms with Crippen molar-refractivity contribution >= 4 is 29.9 Å². The van der Waals surface area contributed by atoms with Crippen LogP contribution in [0, 0.1) is 0 Å². The molecule has 6 nitrogen and oxygen atoms in total. The van der Waals surface area contributed by atoms with Crippen LogP contribution >= 0.6 is 12.6 Å². The maximum Gasteiger partial charge on any atom is 0.343 e. The molecule has 0 spiro atoms. The molecule has 0 aromatic rings. The molecule has 0 aliphatic rings. The maximum atomic E-state index is 10.6. The second kappa shape index (κ2) is 5.49. The standard InChI is InChI=1S/C3H8N2O4S2/c4-2(1-10)3(6)9-5-11(7)8/h2,5,10H,1,4H2,(H,7,8)/t2-/m0/s1. The van der Waals surface area contributed by atoms with Crippen molar-refractivity contribution in [2.75, 3.05) is 5.75 Å². The van der Waals surface area contributed by atoms with Crippen LogP contribution in [0.3, 0.4) is 0 Å². The first kappa shape index (κ1) is 10.8. The summed E-state index contributed by atoms with van der Waals surface area (Å²) in [6.45, 7) is 0. The first-order chi connectivity index (χ1) is 5.07. The average molecular weight is 200 g/mol. The van der Waals surface area contributed by atoms with Crippen LogP contribution in [-0.4, -0.2) is 26.5 Å². The highest BCUT2D eigenvalue weighted by Crippen LogP contribution is 1.86. The van der Waals surface area contributed by atoms with Gasteiger partial charge in [0.1, 0.15) is 6.04 Å². The number of hydrogen-bond acceptors (Lipinski definition) is 5. The van der Waals surface area contributed by atoms with Crippen molar-refractivity contribution in [3.63, 3.8) is 0 Å². The van der Waals surface area contributed by atoms with Crippen LogP contribution in [0.25, 0.3) is 0 Å². The SMILES string of the molecule is N[C@@H](CS)C(=O)ONS(=O)O. The molecule has 0 heterocycles. The molecule has 0 saturated heterocycles. The minimum atomic E-state index is -2.38. The Balaban J connectivity index is 3.60. The zero-order valence-electron chi connectivity index (χ0n) is 5.39. The van der Waals surface area contributed by atoms with E-state index in [4.69, 9.17) is 10.3 Å². The highest BCUT2D eigenvalue weighted by Gasteiger charge is 2.13. The van der Waals surface area contributed by atoms with Crippen LogP contribution in [0.2, 0.25) is 0 Å². The van der Waals surface area contributed by atoms with Crippen LogP contribution in [0.1, 0.15) is 0 Å². The smallest absolute Gasteiger partial charge is 0.343 e. The van der Waals surface area contributed by atoms with Gasteiger partial charge in [-0.2, -0.15) is 12.6 Å². The van der Waals surface area contributed by atoms with Gasteiger partial charge in [-0.05, 0) is 4.89 Å². The Morgan fingerprint density at radius 2 is 2.45 bits per heavy atom. The fourth-order valence-electron chi connectivity index (χ4n) is 0.227. The zero-order valence-corrected chi connectivity index (χ0v) is 7.10. The van der Waals surface area contributed by atoms with Crippen LogP contribution in [0.5, 0.6) is 0 Å². The molecule has 66 valence electrons. The van der Waals surface area contributed by atoms with E-state index in [0.717, 1.165) is 0 Å². The minimum absolute atomic E-state index is 0.110. The number of nitrogens with one attached hydrogen (secondary N) is 1. The molecule has 4 N–H and O–H groups in total. The largest absolute Gasteiger partial charge is 0.354 e. The monoisotopic (exact) mass is 200 g/mol. The Kier molecular flexibility index (Phi) is 5.42.